The number of rotatable bonds is 11. The molecular formula is C70H60N4O2. The van der Waals surface area contributed by atoms with E-state index in [0.717, 1.165) is 83.2 Å². The molecule has 0 radical (unpaired) electrons. The molecule has 372 valence electrons. The minimum absolute atomic E-state index is 0.255. The fraction of sp³-hybridized carbons (Fsp3) is 0.171. The number of para-hydroxylation sites is 2. The summed E-state index contributed by atoms with van der Waals surface area (Å²) >= 11 is 0. The molecule has 0 bridgehead atoms. The van der Waals surface area contributed by atoms with Gasteiger partial charge in [0, 0.05) is 27.8 Å². The van der Waals surface area contributed by atoms with E-state index in [1.165, 1.54) is 61.3 Å². The lowest BCUT2D eigenvalue weighted by Crippen LogP contribution is -2.09. The molecule has 9 aromatic carbocycles. The summed E-state index contributed by atoms with van der Waals surface area (Å²) in [7, 11) is 0. The molecule has 6 heteroatoms. The maximum Gasteiger partial charge on any atom is 0.146 e. The number of furan rings is 1. The van der Waals surface area contributed by atoms with E-state index in [1.54, 1.807) is 6.26 Å². The Morgan fingerprint density at radius 2 is 1.01 bits per heavy atom. The molecule has 13 aromatic rings. The van der Waals surface area contributed by atoms with E-state index in [4.69, 9.17) is 19.1 Å². The third kappa shape index (κ3) is 7.94. The van der Waals surface area contributed by atoms with Crippen molar-refractivity contribution in [1.82, 2.24) is 18.9 Å². The summed E-state index contributed by atoms with van der Waals surface area (Å²) in [6.45, 7) is 18.4. The first kappa shape index (κ1) is 47.0. The van der Waals surface area contributed by atoms with Crippen LogP contribution in [0.4, 0.5) is 0 Å². The predicted octanol–water partition coefficient (Wildman–Crippen LogP) is 19.8. The highest BCUT2D eigenvalue weighted by Crippen LogP contribution is 2.45. The highest BCUT2D eigenvalue weighted by atomic mass is 16.5. The minimum atomic E-state index is 0.255. The van der Waals surface area contributed by atoms with Crippen LogP contribution >= 0.6 is 0 Å². The molecule has 0 fully saturated rings. The van der Waals surface area contributed by atoms with Crippen molar-refractivity contribution in [2.75, 3.05) is 0 Å². The lowest BCUT2D eigenvalue weighted by Gasteiger charge is -2.24. The van der Waals surface area contributed by atoms with Crippen LogP contribution in [-0.2, 0) is 0 Å². The summed E-state index contributed by atoms with van der Waals surface area (Å²) < 4.78 is 17.7. The van der Waals surface area contributed by atoms with E-state index >= 15 is 0 Å². The van der Waals surface area contributed by atoms with Crippen LogP contribution < -0.4 is 4.74 Å². The minimum Gasteiger partial charge on any atom is -0.464 e. The van der Waals surface area contributed by atoms with E-state index < -0.39 is 0 Å². The Morgan fingerprint density at radius 3 is 1.68 bits per heavy atom. The predicted molar refractivity (Wildman–Crippen MR) is 317 cm³/mol. The number of benzene rings is 9. The van der Waals surface area contributed by atoms with Crippen LogP contribution in [0.2, 0.25) is 0 Å². The smallest absolute Gasteiger partial charge is 0.146 e. The molecule has 0 aliphatic carbocycles. The highest BCUT2D eigenvalue weighted by Gasteiger charge is 2.25. The van der Waals surface area contributed by atoms with Gasteiger partial charge in [-0.1, -0.05) is 165 Å². The second-order valence-electron chi connectivity index (χ2n) is 21.8. The molecule has 0 aliphatic heterocycles. The molecule has 0 unspecified atom stereocenters. The molecule has 13 rings (SSSR count). The van der Waals surface area contributed by atoms with Crippen molar-refractivity contribution in [3.05, 3.63) is 217 Å². The van der Waals surface area contributed by atoms with Gasteiger partial charge in [0.15, 0.2) is 0 Å². The van der Waals surface area contributed by atoms with Gasteiger partial charge in [0.2, 0.25) is 0 Å². The van der Waals surface area contributed by atoms with Gasteiger partial charge in [-0.15, -0.1) is 0 Å². The Hall–Kier alpha value is -8.74. The summed E-state index contributed by atoms with van der Waals surface area (Å²) in [5.74, 6) is 3.43. The molecule has 4 aromatic heterocycles. The van der Waals surface area contributed by atoms with Gasteiger partial charge in [-0.2, -0.15) is 0 Å². The fourth-order valence-corrected chi connectivity index (χ4v) is 11.7. The van der Waals surface area contributed by atoms with Crippen LogP contribution in [0.15, 0.2) is 199 Å². The third-order valence-electron chi connectivity index (χ3n) is 15.5. The van der Waals surface area contributed by atoms with Crippen molar-refractivity contribution >= 4 is 60.4 Å². The first-order valence-electron chi connectivity index (χ1n) is 26.9. The number of fused-ring (bicyclic) bond motifs is 10. The first-order chi connectivity index (χ1) is 37.0. The monoisotopic (exact) mass is 988 g/mol. The molecule has 0 N–H and O–H groups in total. The summed E-state index contributed by atoms with van der Waals surface area (Å²) in [6, 6.07) is 67.7. The van der Waals surface area contributed by atoms with E-state index in [0.29, 0.717) is 11.8 Å². The van der Waals surface area contributed by atoms with Crippen LogP contribution in [0.5, 0.6) is 11.5 Å². The standard InChI is InChI=1S/C70H60N4O2/c1-41(2)56-33-50(45-18-11-9-12-19-45)34-57(42(3)4)67(56)48-26-28-55-54-29-27-53(39-60(54)70-72-62-37-47-30-31-75-66(47)40-65(62)73(70)64(55)38-48)76-52-23-17-22-49(32-52)69-71-61-24-15-16-25-63(61)74(69)68-58(43(5)6)35-51(36-59(68)44(7)8)46-20-13-10-14-21-46/h9-44H,1-8H3. The summed E-state index contributed by atoms with van der Waals surface area (Å²) in [5, 5.41) is 4.27. The van der Waals surface area contributed by atoms with Gasteiger partial charge < -0.3 is 9.15 Å². The molecular weight excluding hydrogens is 929 g/mol. The van der Waals surface area contributed by atoms with Crippen LogP contribution in [-0.4, -0.2) is 18.9 Å². The quantitative estimate of drug-likeness (QED) is 0.121. The number of pyridine rings is 1. The summed E-state index contributed by atoms with van der Waals surface area (Å²) in [6.07, 6.45) is 1.76. The zero-order chi connectivity index (χ0) is 51.9. The average molecular weight is 989 g/mol. The van der Waals surface area contributed by atoms with Crippen LogP contribution in [0.3, 0.4) is 0 Å². The Kier molecular flexibility index (Phi) is 11.5. The third-order valence-corrected chi connectivity index (χ3v) is 15.5. The number of nitrogens with zero attached hydrogens (tertiary/aromatic N) is 4. The maximum atomic E-state index is 6.94. The van der Waals surface area contributed by atoms with Gasteiger partial charge in [0.1, 0.15) is 28.6 Å². The van der Waals surface area contributed by atoms with Gasteiger partial charge in [-0.05, 0) is 157 Å². The van der Waals surface area contributed by atoms with Crippen LogP contribution in [0.1, 0.15) is 101 Å². The topological polar surface area (TPSA) is 57.5 Å². The zero-order valence-corrected chi connectivity index (χ0v) is 44.4. The van der Waals surface area contributed by atoms with Crippen molar-refractivity contribution in [3.8, 4) is 62.0 Å². The van der Waals surface area contributed by atoms with Gasteiger partial charge >= 0.3 is 0 Å². The lowest BCUT2D eigenvalue weighted by molar-refractivity contribution is 0.483. The zero-order valence-electron chi connectivity index (χ0n) is 44.4. The maximum absolute atomic E-state index is 6.94. The Bertz CT molecular complexity index is 4320. The molecule has 6 nitrogen and oxygen atoms in total. The van der Waals surface area contributed by atoms with Crippen molar-refractivity contribution in [2.24, 2.45) is 0 Å². The summed E-state index contributed by atoms with van der Waals surface area (Å²) in [4.78, 5) is 10.8. The highest BCUT2D eigenvalue weighted by molar-refractivity contribution is 6.15. The second-order valence-corrected chi connectivity index (χ2v) is 21.8. The fourth-order valence-electron chi connectivity index (χ4n) is 11.7. The van der Waals surface area contributed by atoms with E-state index in [9.17, 15) is 0 Å². The van der Waals surface area contributed by atoms with Crippen LogP contribution in [0, 0.1) is 0 Å². The van der Waals surface area contributed by atoms with Crippen molar-refractivity contribution in [2.45, 2.75) is 79.1 Å². The lowest BCUT2D eigenvalue weighted by atomic mass is 9.82. The van der Waals surface area contributed by atoms with Gasteiger partial charge in [0.25, 0.3) is 0 Å². The number of imidazole rings is 2. The number of ether oxygens (including phenoxy) is 1. The Labute approximate surface area is 443 Å². The number of hydrogen-bond acceptors (Lipinski definition) is 4. The molecule has 76 heavy (non-hydrogen) atoms. The normalized spacial score (nSPS) is 12.2. The van der Waals surface area contributed by atoms with Crippen molar-refractivity contribution < 1.29 is 9.15 Å². The Balaban J connectivity index is 0.958. The molecule has 4 heterocycles. The number of hydrogen-bond donors (Lipinski definition) is 0. The molecule has 0 amide bonds. The van der Waals surface area contributed by atoms with Crippen molar-refractivity contribution in [3.63, 3.8) is 0 Å². The molecule has 0 atom stereocenters. The Morgan fingerprint density at radius 1 is 0.408 bits per heavy atom. The summed E-state index contributed by atoms with van der Waals surface area (Å²) in [5.41, 5.74) is 21.5. The van der Waals surface area contributed by atoms with E-state index in [1.807, 2.05) is 12.1 Å². The molecule has 0 aliphatic rings. The largest absolute Gasteiger partial charge is 0.464 e. The second kappa shape index (κ2) is 18.6. The van der Waals surface area contributed by atoms with Gasteiger partial charge in [0.05, 0.1) is 39.5 Å². The van der Waals surface area contributed by atoms with Crippen LogP contribution in [0.25, 0.3) is 111 Å². The average Bonchev–Trinajstić information content (AvgIpc) is 4.18. The van der Waals surface area contributed by atoms with Crippen molar-refractivity contribution in [1.29, 1.82) is 0 Å². The molecule has 0 spiro atoms. The SMILES string of the molecule is CC(C)c1cc(-c2ccccc2)cc(C(C)C)c1-c1ccc2c3ccc(Oc4cccc(-c5nc6ccccc6n5-c5c(C(C)C)cc(-c6ccccc6)cc5C(C)C)c4)cc3c3nc4cc5ccoc5cc4n3c2c1. The van der Waals surface area contributed by atoms with Gasteiger partial charge in [-0.3, -0.25) is 8.97 Å². The van der Waals surface area contributed by atoms with E-state index in [-0.39, 0.29) is 11.8 Å². The van der Waals surface area contributed by atoms with Gasteiger partial charge in [-0.25, -0.2) is 9.97 Å². The molecule has 0 saturated heterocycles. The molecule has 0 saturated carbocycles. The first-order valence-corrected chi connectivity index (χ1v) is 26.9. The number of aromatic nitrogens is 4. The van der Waals surface area contributed by atoms with E-state index in [2.05, 4.69) is 240 Å².